The molecule has 0 bridgehead atoms. The van der Waals surface area contributed by atoms with E-state index in [-0.39, 0.29) is 5.88 Å². The van der Waals surface area contributed by atoms with E-state index in [4.69, 9.17) is 0 Å². The lowest BCUT2D eigenvalue weighted by Gasteiger charge is -2.05. The second kappa shape index (κ2) is 7.47. The minimum Gasteiger partial charge on any atom is -0.493 e. The van der Waals surface area contributed by atoms with Crippen LogP contribution in [0.5, 0.6) is 5.88 Å². The number of azo groups is 1. The fourth-order valence-corrected chi connectivity index (χ4v) is 3.62. The Morgan fingerprint density at radius 3 is 2.69 bits per heavy atom. The highest BCUT2D eigenvalue weighted by atomic mass is 16.3. The summed E-state index contributed by atoms with van der Waals surface area (Å²) in [5.74, 6) is -0.436. The summed E-state index contributed by atoms with van der Waals surface area (Å²) < 4.78 is 1.80. The highest BCUT2D eigenvalue weighted by Crippen LogP contribution is 2.39. The Labute approximate surface area is 168 Å². The fraction of sp³-hybridized carbons (Fsp3) is 0.217. The molecule has 29 heavy (non-hydrogen) atoms. The van der Waals surface area contributed by atoms with Crippen LogP contribution in [0.15, 0.2) is 58.8 Å². The smallest absolute Gasteiger partial charge is 0.296 e. The van der Waals surface area contributed by atoms with Crippen molar-refractivity contribution >= 4 is 33.4 Å². The Morgan fingerprint density at radius 1 is 1.10 bits per heavy atom. The minimum absolute atomic E-state index is 0.0243. The number of aromatic nitrogens is 2. The summed E-state index contributed by atoms with van der Waals surface area (Å²) >= 11 is 0. The van der Waals surface area contributed by atoms with Gasteiger partial charge in [0, 0.05) is 23.0 Å². The van der Waals surface area contributed by atoms with E-state index < -0.39 is 5.91 Å². The summed E-state index contributed by atoms with van der Waals surface area (Å²) in [6.45, 7) is 6.51. The Hall–Kier alpha value is -3.54. The van der Waals surface area contributed by atoms with E-state index in [2.05, 4.69) is 15.2 Å². The number of aromatic hydroxyl groups is 1. The Balaban J connectivity index is 1.80. The normalized spacial score (nSPS) is 11.7. The Kier molecular flexibility index (Phi) is 4.84. The Morgan fingerprint density at radius 2 is 1.90 bits per heavy atom. The van der Waals surface area contributed by atoms with E-state index >= 15 is 0 Å². The van der Waals surface area contributed by atoms with Crippen LogP contribution in [-0.2, 0) is 6.54 Å². The second-order valence-corrected chi connectivity index (χ2v) is 7.18. The molecule has 1 amide bonds. The zero-order valence-electron chi connectivity index (χ0n) is 16.7. The largest absolute Gasteiger partial charge is 0.493 e. The minimum atomic E-state index is -0.460. The van der Waals surface area contributed by atoms with Gasteiger partial charge in [-0.05, 0) is 44.5 Å². The van der Waals surface area contributed by atoms with Crippen LogP contribution in [0.25, 0.3) is 21.8 Å². The van der Waals surface area contributed by atoms with Crippen molar-refractivity contribution < 1.29 is 9.90 Å². The van der Waals surface area contributed by atoms with Crippen molar-refractivity contribution in [2.75, 3.05) is 0 Å². The number of para-hydroxylation sites is 1. The van der Waals surface area contributed by atoms with E-state index in [1.54, 1.807) is 10.6 Å². The summed E-state index contributed by atoms with van der Waals surface area (Å²) in [6, 6.07) is 15.1. The maximum atomic E-state index is 12.9. The number of carbonyl (C=O) groups is 1. The van der Waals surface area contributed by atoms with Crippen LogP contribution in [-0.4, -0.2) is 20.6 Å². The standard InChI is InChI=1S/C23H22N4O2/c1-4-11-27-20-8-6-5-7-16(20)21(23(27)29)25-26-22(28)18-13-15(3)24-19-10-9-14(2)12-17(18)19/h5-10,12-13,29H,4,11H2,1-3H3. The third kappa shape index (κ3) is 3.38. The van der Waals surface area contributed by atoms with Gasteiger partial charge in [0.15, 0.2) is 5.69 Å². The molecule has 0 saturated carbocycles. The Bertz CT molecular complexity index is 1270. The van der Waals surface area contributed by atoms with Crippen LogP contribution in [0.1, 0.15) is 35.0 Å². The SMILES string of the molecule is CCCn1c(O)c(N=NC(=O)c2cc(C)nc3ccc(C)cc23)c2ccccc21. The van der Waals surface area contributed by atoms with Crippen molar-refractivity contribution in [2.24, 2.45) is 10.2 Å². The number of rotatable bonds is 4. The molecular weight excluding hydrogens is 364 g/mol. The maximum absolute atomic E-state index is 12.9. The van der Waals surface area contributed by atoms with Gasteiger partial charge in [0.1, 0.15) is 0 Å². The first-order valence-corrected chi connectivity index (χ1v) is 9.64. The topological polar surface area (TPSA) is 79.8 Å². The third-order valence-corrected chi connectivity index (χ3v) is 4.93. The first-order valence-electron chi connectivity index (χ1n) is 9.64. The summed E-state index contributed by atoms with van der Waals surface area (Å²) in [5.41, 5.74) is 4.16. The number of carbonyl (C=O) groups excluding carboxylic acids is 1. The van der Waals surface area contributed by atoms with Crippen molar-refractivity contribution in [2.45, 2.75) is 33.7 Å². The van der Waals surface area contributed by atoms with Gasteiger partial charge in [-0.15, -0.1) is 10.2 Å². The first kappa shape index (κ1) is 18.8. The van der Waals surface area contributed by atoms with E-state index in [0.717, 1.165) is 39.5 Å². The molecule has 4 aromatic rings. The molecule has 2 heterocycles. The zero-order chi connectivity index (χ0) is 20.5. The van der Waals surface area contributed by atoms with Gasteiger partial charge in [-0.3, -0.25) is 9.78 Å². The van der Waals surface area contributed by atoms with Crippen molar-refractivity contribution in [3.05, 3.63) is 65.4 Å². The van der Waals surface area contributed by atoms with Crippen LogP contribution >= 0.6 is 0 Å². The number of hydrogen-bond donors (Lipinski definition) is 1. The van der Waals surface area contributed by atoms with E-state index in [1.165, 1.54) is 0 Å². The molecule has 0 aliphatic heterocycles. The molecule has 0 atom stereocenters. The molecule has 0 aliphatic rings. The molecule has 4 rings (SSSR count). The molecule has 0 spiro atoms. The average Bonchev–Trinajstić information content (AvgIpc) is 2.97. The lowest BCUT2D eigenvalue weighted by atomic mass is 10.1. The number of fused-ring (bicyclic) bond motifs is 2. The highest BCUT2D eigenvalue weighted by Gasteiger charge is 2.17. The van der Waals surface area contributed by atoms with Gasteiger partial charge in [0.2, 0.25) is 5.88 Å². The highest BCUT2D eigenvalue weighted by molar-refractivity contribution is 6.07. The van der Waals surface area contributed by atoms with Crippen LogP contribution in [0.2, 0.25) is 0 Å². The van der Waals surface area contributed by atoms with Crippen LogP contribution in [0.4, 0.5) is 5.69 Å². The predicted molar refractivity (Wildman–Crippen MR) is 114 cm³/mol. The molecule has 0 fully saturated rings. The molecule has 1 N–H and O–H groups in total. The van der Waals surface area contributed by atoms with Gasteiger partial charge in [-0.1, -0.05) is 36.8 Å². The van der Waals surface area contributed by atoms with Crippen molar-refractivity contribution in [3.8, 4) is 5.88 Å². The van der Waals surface area contributed by atoms with Crippen molar-refractivity contribution in [1.29, 1.82) is 0 Å². The summed E-state index contributed by atoms with van der Waals surface area (Å²) in [7, 11) is 0. The van der Waals surface area contributed by atoms with E-state index in [9.17, 15) is 9.90 Å². The number of nitrogens with zero attached hydrogens (tertiary/aromatic N) is 4. The van der Waals surface area contributed by atoms with Gasteiger partial charge in [-0.2, -0.15) is 0 Å². The number of amides is 1. The number of aryl methyl sites for hydroxylation is 3. The van der Waals surface area contributed by atoms with Gasteiger partial charge in [0.05, 0.1) is 16.6 Å². The van der Waals surface area contributed by atoms with E-state index in [1.807, 2.05) is 63.2 Å². The molecule has 0 aliphatic carbocycles. The third-order valence-electron chi connectivity index (χ3n) is 4.93. The summed E-state index contributed by atoms with van der Waals surface area (Å²) in [6.07, 6.45) is 0.864. The van der Waals surface area contributed by atoms with Gasteiger partial charge in [-0.25, -0.2) is 0 Å². The zero-order valence-corrected chi connectivity index (χ0v) is 16.7. The summed E-state index contributed by atoms with van der Waals surface area (Å²) in [4.78, 5) is 17.4. The molecule has 6 nitrogen and oxygen atoms in total. The van der Waals surface area contributed by atoms with Crippen LogP contribution in [0, 0.1) is 13.8 Å². The molecule has 6 heteroatoms. The maximum Gasteiger partial charge on any atom is 0.296 e. The molecule has 146 valence electrons. The lowest BCUT2D eigenvalue weighted by molar-refractivity contribution is 0.0996. The average molecular weight is 386 g/mol. The molecule has 0 unspecified atom stereocenters. The van der Waals surface area contributed by atoms with Gasteiger partial charge >= 0.3 is 0 Å². The predicted octanol–water partition coefficient (Wildman–Crippen LogP) is 5.85. The van der Waals surface area contributed by atoms with Crippen molar-refractivity contribution in [3.63, 3.8) is 0 Å². The molecule has 0 radical (unpaired) electrons. The molecule has 0 saturated heterocycles. The fourth-order valence-electron chi connectivity index (χ4n) is 3.62. The lowest BCUT2D eigenvalue weighted by Crippen LogP contribution is -1.99. The number of pyridine rings is 1. The van der Waals surface area contributed by atoms with Crippen LogP contribution < -0.4 is 0 Å². The van der Waals surface area contributed by atoms with Crippen molar-refractivity contribution in [1.82, 2.24) is 9.55 Å². The number of benzene rings is 2. The first-order chi connectivity index (χ1) is 14.0. The molecule has 2 aromatic carbocycles. The molecule has 2 aromatic heterocycles. The number of hydrogen-bond acceptors (Lipinski definition) is 4. The van der Waals surface area contributed by atoms with E-state index in [0.29, 0.717) is 17.8 Å². The molecular formula is C23H22N4O2. The second-order valence-electron chi connectivity index (χ2n) is 7.18. The quantitative estimate of drug-likeness (QED) is 0.447. The van der Waals surface area contributed by atoms with Gasteiger partial charge < -0.3 is 9.67 Å². The monoisotopic (exact) mass is 386 g/mol. The summed E-state index contributed by atoms with van der Waals surface area (Å²) in [5, 5.41) is 20.3. The van der Waals surface area contributed by atoms with Gasteiger partial charge in [0.25, 0.3) is 5.91 Å². The van der Waals surface area contributed by atoms with Crippen LogP contribution in [0.3, 0.4) is 0 Å².